The predicted octanol–water partition coefficient (Wildman–Crippen LogP) is 2.25. The number of para-hydroxylation sites is 1. The highest BCUT2D eigenvalue weighted by molar-refractivity contribution is 5.80. The second kappa shape index (κ2) is 9.39. The van der Waals surface area contributed by atoms with Crippen LogP contribution in [0.15, 0.2) is 41.5 Å². The van der Waals surface area contributed by atoms with Crippen molar-refractivity contribution >= 4 is 11.9 Å². The number of rotatable bonds is 6. The maximum atomic E-state index is 11.9. The van der Waals surface area contributed by atoms with Gasteiger partial charge in [-0.3, -0.25) is 4.79 Å². The maximum Gasteiger partial charge on any atom is 0.222 e. The molecule has 1 aliphatic heterocycles. The molecule has 28 heavy (non-hydrogen) atoms. The fourth-order valence-electron chi connectivity index (χ4n) is 3.42. The van der Waals surface area contributed by atoms with Gasteiger partial charge in [-0.2, -0.15) is 5.10 Å². The minimum absolute atomic E-state index is 0.217. The molecule has 150 valence electrons. The van der Waals surface area contributed by atoms with E-state index >= 15 is 0 Å². The first-order valence-electron chi connectivity index (χ1n) is 10.0. The topological polar surface area (TPSA) is 74.6 Å². The molecule has 2 aromatic rings. The molecule has 1 unspecified atom stereocenters. The Morgan fingerprint density at radius 1 is 1.29 bits per heavy atom. The Bertz CT molecular complexity index is 828. The third kappa shape index (κ3) is 4.91. The molecule has 0 saturated carbocycles. The van der Waals surface area contributed by atoms with Gasteiger partial charge in [0.2, 0.25) is 5.91 Å². The number of carbonyl (C=O) groups excluding carboxylic acids is 1. The first-order chi connectivity index (χ1) is 13.6. The molecule has 0 aliphatic carbocycles. The van der Waals surface area contributed by atoms with Crippen LogP contribution in [-0.2, 0) is 11.3 Å². The summed E-state index contributed by atoms with van der Waals surface area (Å²) in [6, 6.07) is 10.4. The van der Waals surface area contributed by atoms with Gasteiger partial charge in [-0.15, -0.1) is 0 Å². The van der Waals surface area contributed by atoms with Gasteiger partial charge in [0.25, 0.3) is 0 Å². The summed E-state index contributed by atoms with van der Waals surface area (Å²) in [4.78, 5) is 18.6. The predicted molar refractivity (Wildman–Crippen MR) is 112 cm³/mol. The number of aliphatic imine (C=N–C) groups is 1. The van der Waals surface area contributed by atoms with Crippen LogP contribution in [0.4, 0.5) is 0 Å². The van der Waals surface area contributed by atoms with Crippen molar-refractivity contribution in [2.45, 2.75) is 46.2 Å². The van der Waals surface area contributed by atoms with E-state index in [1.165, 1.54) is 0 Å². The molecule has 7 nitrogen and oxygen atoms in total. The summed E-state index contributed by atoms with van der Waals surface area (Å²) in [5.74, 6) is 0.999. The second-order valence-electron chi connectivity index (χ2n) is 7.05. The monoisotopic (exact) mass is 382 g/mol. The summed E-state index contributed by atoms with van der Waals surface area (Å²) >= 11 is 0. The largest absolute Gasteiger partial charge is 0.357 e. The van der Waals surface area contributed by atoms with Crippen LogP contribution >= 0.6 is 0 Å². The summed E-state index contributed by atoms with van der Waals surface area (Å²) in [6.45, 7) is 8.83. The normalized spacial score (nSPS) is 17.0. The van der Waals surface area contributed by atoms with Crippen LogP contribution in [0.3, 0.4) is 0 Å². The van der Waals surface area contributed by atoms with Crippen LogP contribution in [0.1, 0.15) is 37.9 Å². The first kappa shape index (κ1) is 19.9. The molecule has 1 fully saturated rings. The lowest BCUT2D eigenvalue weighted by atomic mass is 10.2. The zero-order chi connectivity index (χ0) is 19.9. The van der Waals surface area contributed by atoms with Crippen LogP contribution in [0.25, 0.3) is 5.69 Å². The van der Waals surface area contributed by atoms with Crippen LogP contribution in [0.5, 0.6) is 0 Å². The number of guanidine groups is 1. The number of carbonyl (C=O) groups is 1. The first-order valence-corrected chi connectivity index (χ1v) is 10.0. The van der Waals surface area contributed by atoms with Gasteiger partial charge in [0.15, 0.2) is 5.96 Å². The van der Waals surface area contributed by atoms with E-state index in [2.05, 4.69) is 34.8 Å². The minimum atomic E-state index is 0.217. The number of nitrogens with one attached hydrogen (secondary N) is 2. The molecule has 0 bridgehead atoms. The van der Waals surface area contributed by atoms with Gasteiger partial charge < -0.3 is 15.5 Å². The third-order valence-corrected chi connectivity index (χ3v) is 4.90. The van der Waals surface area contributed by atoms with Crippen LogP contribution < -0.4 is 10.6 Å². The zero-order valence-corrected chi connectivity index (χ0v) is 17.0. The highest BCUT2D eigenvalue weighted by atomic mass is 16.2. The number of aromatic nitrogens is 2. The van der Waals surface area contributed by atoms with E-state index in [0.29, 0.717) is 13.0 Å². The Balaban J connectivity index is 1.69. The number of hydrogen-bond donors (Lipinski definition) is 2. The smallest absolute Gasteiger partial charge is 0.222 e. The standard InChI is InChI=1S/C21H30N6O/c1-4-20(28)26-12-11-18(15-26)24-21(22-5-2)23-14-17-8-6-7-9-19(17)27-13-10-16(3)25-27/h6-10,13,18H,4-5,11-12,14-15H2,1-3H3,(H2,22,23,24). The second-order valence-corrected chi connectivity index (χ2v) is 7.05. The Morgan fingerprint density at radius 3 is 2.82 bits per heavy atom. The van der Waals surface area contributed by atoms with E-state index in [-0.39, 0.29) is 11.9 Å². The molecule has 1 aliphatic rings. The molecular formula is C21H30N6O. The zero-order valence-electron chi connectivity index (χ0n) is 17.0. The number of nitrogens with zero attached hydrogens (tertiary/aromatic N) is 4. The average Bonchev–Trinajstić information content (AvgIpc) is 3.35. The number of hydrogen-bond acceptors (Lipinski definition) is 3. The SMILES string of the molecule is CCNC(=NCc1ccccc1-n1ccc(C)n1)NC1CCN(C(=O)CC)C1. The quantitative estimate of drug-likeness (QED) is 0.594. The molecule has 1 amide bonds. The number of benzene rings is 1. The third-order valence-electron chi connectivity index (χ3n) is 4.90. The van der Waals surface area contributed by atoms with Crippen LogP contribution in [0.2, 0.25) is 0 Å². The summed E-state index contributed by atoms with van der Waals surface area (Å²) in [7, 11) is 0. The Hall–Kier alpha value is -2.83. The van der Waals surface area contributed by atoms with Crippen molar-refractivity contribution in [1.82, 2.24) is 25.3 Å². The average molecular weight is 383 g/mol. The lowest BCUT2D eigenvalue weighted by molar-refractivity contribution is -0.129. The van der Waals surface area contributed by atoms with Gasteiger partial charge in [0.1, 0.15) is 0 Å². The Morgan fingerprint density at radius 2 is 2.11 bits per heavy atom. The van der Waals surface area contributed by atoms with Gasteiger partial charge in [0.05, 0.1) is 17.9 Å². The summed E-state index contributed by atoms with van der Waals surface area (Å²) < 4.78 is 1.89. The lowest BCUT2D eigenvalue weighted by Crippen LogP contribution is -2.45. The highest BCUT2D eigenvalue weighted by Crippen LogP contribution is 2.15. The van der Waals surface area contributed by atoms with Crippen molar-refractivity contribution in [1.29, 1.82) is 0 Å². The van der Waals surface area contributed by atoms with Crippen molar-refractivity contribution in [3.8, 4) is 5.69 Å². The van der Waals surface area contributed by atoms with E-state index in [4.69, 9.17) is 4.99 Å². The van der Waals surface area contributed by atoms with Gasteiger partial charge >= 0.3 is 0 Å². The fraction of sp³-hybridized carbons (Fsp3) is 0.476. The van der Waals surface area contributed by atoms with Crippen molar-refractivity contribution in [3.05, 3.63) is 47.8 Å². The molecule has 1 saturated heterocycles. The van der Waals surface area contributed by atoms with Crippen molar-refractivity contribution in [2.75, 3.05) is 19.6 Å². The summed E-state index contributed by atoms with van der Waals surface area (Å²) in [6.07, 6.45) is 3.48. The van der Waals surface area contributed by atoms with E-state index in [0.717, 1.165) is 49.0 Å². The van der Waals surface area contributed by atoms with Crippen LogP contribution in [0, 0.1) is 6.92 Å². The molecule has 0 spiro atoms. The highest BCUT2D eigenvalue weighted by Gasteiger charge is 2.25. The number of amides is 1. The van der Waals surface area contributed by atoms with Crippen molar-refractivity contribution < 1.29 is 4.79 Å². The Labute approximate surface area is 166 Å². The van der Waals surface area contributed by atoms with Gasteiger partial charge in [-0.1, -0.05) is 25.1 Å². The number of aryl methyl sites for hydroxylation is 1. The van der Waals surface area contributed by atoms with Gasteiger partial charge in [-0.05, 0) is 38.0 Å². The molecule has 0 radical (unpaired) electrons. The van der Waals surface area contributed by atoms with Gasteiger partial charge in [0, 0.05) is 38.3 Å². The van der Waals surface area contributed by atoms with E-state index in [1.807, 2.05) is 47.8 Å². The Kier molecular flexibility index (Phi) is 6.68. The molecule has 2 heterocycles. The molecule has 7 heteroatoms. The molecular weight excluding hydrogens is 352 g/mol. The summed E-state index contributed by atoms with van der Waals surface area (Å²) in [5, 5.41) is 11.3. The maximum absolute atomic E-state index is 11.9. The van der Waals surface area contributed by atoms with E-state index in [9.17, 15) is 4.79 Å². The van der Waals surface area contributed by atoms with Crippen LogP contribution in [-0.4, -0.2) is 52.2 Å². The summed E-state index contributed by atoms with van der Waals surface area (Å²) in [5.41, 5.74) is 3.13. The van der Waals surface area contributed by atoms with Gasteiger partial charge in [-0.25, -0.2) is 9.67 Å². The van der Waals surface area contributed by atoms with E-state index < -0.39 is 0 Å². The molecule has 3 rings (SSSR count). The van der Waals surface area contributed by atoms with Crippen molar-refractivity contribution in [2.24, 2.45) is 4.99 Å². The lowest BCUT2D eigenvalue weighted by Gasteiger charge is -2.19. The molecule has 1 atom stereocenters. The van der Waals surface area contributed by atoms with E-state index in [1.54, 1.807) is 0 Å². The minimum Gasteiger partial charge on any atom is -0.357 e. The van der Waals surface area contributed by atoms with Crippen molar-refractivity contribution in [3.63, 3.8) is 0 Å². The molecule has 1 aromatic carbocycles. The number of likely N-dealkylation sites (tertiary alicyclic amines) is 1. The fourth-order valence-corrected chi connectivity index (χ4v) is 3.42. The molecule has 2 N–H and O–H groups in total. The molecule has 1 aromatic heterocycles.